The van der Waals surface area contributed by atoms with Crippen molar-refractivity contribution in [2.24, 2.45) is 4.99 Å². The molecule has 29 heavy (non-hydrogen) atoms. The highest BCUT2D eigenvalue weighted by Crippen LogP contribution is 2.32. The maximum absolute atomic E-state index is 12.6. The first-order valence-electron chi connectivity index (χ1n) is 9.96. The molecular weight excluding hydrogens is 388 g/mol. The van der Waals surface area contributed by atoms with Gasteiger partial charge in [0.1, 0.15) is 6.54 Å². The number of thiophene rings is 1. The number of carbonyl (C=O) groups is 1. The summed E-state index contributed by atoms with van der Waals surface area (Å²) in [7, 11) is 0. The van der Waals surface area contributed by atoms with Crippen LogP contribution in [0.4, 0.5) is 0 Å². The Morgan fingerprint density at radius 3 is 3.03 bits per heavy atom. The lowest BCUT2D eigenvalue weighted by molar-refractivity contribution is -0.130. The highest BCUT2D eigenvalue weighted by Gasteiger charge is 2.21. The Bertz CT molecular complexity index is 896. The number of guanidine groups is 1. The molecule has 0 unspecified atom stereocenters. The number of fused-ring (bicyclic) bond motifs is 2. The van der Waals surface area contributed by atoms with Crippen LogP contribution in [0.3, 0.4) is 0 Å². The summed E-state index contributed by atoms with van der Waals surface area (Å²) in [5, 5.41) is 8.61. The third-order valence-corrected chi connectivity index (χ3v) is 6.04. The maximum atomic E-state index is 12.6. The second-order valence-corrected chi connectivity index (χ2v) is 7.99. The predicted molar refractivity (Wildman–Crippen MR) is 114 cm³/mol. The van der Waals surface area contributed by atoms with E-state index in [-0.39, 0.29) is 19.2 Å². The van der Waals surface area contributed by atoms with E-state index in [1.807, 2.05) is 30.0 Å². The molecule has 8 heteroatoms. The summed E-state index contributed by atoms with van der Waals surface area (Å²) >= 11 is 1.78. The summed E-state index contributed by atoms with van der Waals surface area (Å²) < 4.78 is 10.8. The van der Waals surface area contributed by atoms with Gasteiger partial charge < -0.3 is 25.0 Å². The topological polar surface area (TPSA) is 75.2 Å². The third-order valence-electron chi connectivity index (χ3n) is 5.02. The van der Waals surface area contributed by atoms with Crippen LogP contribution in [0.15, 0.2) is 34.6 Å². The van der Waals surface area contributed by atoms with Crippen molar-refractivity contribution in [1.82, 2.24) is 15.5 Å². The Balaban J connectivity index is 1.28. The molecule has 4 rings (SSSR count). The van der Waals surface area contributed by atoms with Gasteiger partial charge in [0.05, 0.1) is 0 Å². The fourth-order valence-corrected chi connectivity index (χ4v) is 4.36. The van der Waals surface area contributed by atoms with Crippen LogP contribution in [0, 0.1) is 0 Å². The van der Waals surface area contributed by atoms with Crippen molar-refractivity contribution >= 4 is 23.2 Å². The molecule has 0 bridgehead atoms. The van der Waals surface area contributed by atoms with Gasteiger partial charge in [-0.15, -0.1) is 11.3 Å². The van der Waals surface area contributed by atoms with Crippen molar-refractivity contribution in [3.63, 3.8) is 0 Å². The number of nitrogens with one attached hydrogen (secondary N) is 2. The van der Waals surface area contributed by atoms with E-state index < -0.39 is 0 Å². The summed E-state index contributed by atoms with van der Waals surface area (Å²) in [4.78, 5) is 20.4. The van der Waals surface area contributed by atoms with Gasteiger partial charge in [-0.25, -0.2) is 4.99 Å². The van der Waals surface area contributed by atoms with Crippen molar-refractivity contribution in [1.29, 1.82) is 0 Å². The van der Waals surface area contributed by atoms with Gasteiger partial charge in [-0.1, -0.05) is 6.07 Å². The molecule has 7 nitrogen and oxygen atoms in total. The van der Waals surface area contributed by atoms with Crippen molar-refractivity contribution in [2.75, 3.05) is 33.0 Å². The van der Waals surface area contributed by atoms with Gasteiger partial charge in [0.2, 0.25) is 12.7 Å². The van der Waals surface area contributed by atoms with Gasteiger partial charge in [0, 0.05) is 31.1 Å². The Morgan fingerprint density at radius 1 is 1.24 bits per heavy atom. The van der Waals surface area contributed by atoms with Crippen LogP contribution in [0.1, 0.15) is 22.9 Å². The molecular formula is C21H26N4O3S. The van der Waals surface area contributed by atoms with Crippen molar-refractivity contribution < 1.29 is 14.3 Å². The molecule has 0 fully saturated rings. The van der Waals surface area contributed by atoms with Crippen LogP contribution in [0.2, 0.25) is 0 Å². The van der Waals surface area contributed by atoms with Gasteiger partial charge in [-0.3, -0.25) is 4.79 Å². The average Bonchev–Trinajstić information content (AvgIpc) is 3.39. The highest BCUT2D eigenvalue weighted by atomic mass is 32.1. The van der Waals surface area contributed by atoms with Gasteiger partial charge in [0.15, 0.2) is 17.5 Å². The van der Waals surface area contributed by atoms with E-state index in [0.717, 1.165) is 43.0 Å². The number of amides is 1. The molecule has 0 aliphatic carbocycles. The summed E-state index contributed by atoms with van der Waals surface area (Å²) in [6.07, 6.45) is 1.76. The Morgan fingerprint density at radius 2 is 2.14 bits per heavy atom. The fraction of sp³-hybridized carbons (Fsp3) is 0.429. The third kappa shape index (κ3) is 4.82. The molecule has 3 heterocycles. The minimum absolute atomic E-state index is 0.0647. The summed E-state index contributed by atoms with van der Waals surface area (Å²) in [5.41, 5.74) is 2.43. The van der Waals surface area contributed by atoms with E-state index in [0.29, 0.717) is 19.0 Å². The van der Waals surface area contributed by atoms with Crippen LogP contribution in [-0.4, -0.2) is 49.7 Å². The average molecular weight is 415 g/mol. The minimum atomic E-state index is 0.0647. The van der Waals surface area contributed by atoms with Crippen LogP contribution in [-0.2, 0) is 24.2 Å². The largest absolute Gasteiger partial charge is 0.454 e. The zero-order valence-corrected chi connectivity index (χ0v) is 17.4. The number of rotatable bonds is 6. The molecule has 2 aliphatic heterocycles. The lowest BCUT2D eigenvalue weighted by atomic mass is 10.1. The van der Waals surface area contributed by atoms with E-state index in [1.54, 1.807) is 11.3 Å². The molecule has 0 saturated carbocycles. The van der Waals surface area contributed by atoms with E-state index in [9.17, 15) is 4.79 Å². The fourth-order valence-electron chi connectivity index (χ4n) is 3.47. The Labute approximate surface area is 174 Å². The van der Waals surface area contributed by atoms with Gasteiger partial charge in [-0.05, 0) is 54.5 Å². The zero-order chi connectivity index (χ0) is 20.1. The number of carbonyl (C=O) groups excluding carboxylic acids is 1. The van der Waals surface area contributed by atoms with Crippen molar-refractivity contribution in [3.05, 3.63) is 45.6 Å². The smallest absolute Gasteiger partial charge is 0.244 e. The monoisotopic (exact) mass is 414 g/mol. The molecule has 2 aliphatic rings. The summed E-state index contributed by atoms with van der Waals surface area (Å²) in [5.74, 6) is 2.32. The minimum Gasteiger partial charge on any atom is -0.454 e. The number of hydrogen-bond donors (Lipinski definition) is 2. The lowest BCUT2D eigenvalue weighted by Gasteiger charge is -2.26. The van der Waals surface area contributed by atoms with Crippen LogP contribution in [0.25, 0.3) is 0 Å². The van der Waals surface area contributed by atoms with E-state index in [2.05, 4.69) is 27.1 Å². The normalized spacial score (nSPS) is 15.2. The number of ether oxygens (including phenoxy) is 2. The summed E-state index contributed by atoms with van der Waals surface area (Å²) in [6.45, 7) is 5.37. The highest BCUT2D eigenvalue weighted by molar-refractivity contribution is 7.10. The molecule has 2 aromatic rings. The number of aliphatic imine (C=N–C) groups is 1. The molecule has 1 amide bonds. The number of hydrogen-bond acceptors (Lipinski definition) is 5. The quantitative estimate of drug-likeness (QED) is 0.560. The van der Waals surface area contributed by atoms with Crippen molar-refractivity contribution in [2.45, 2.75) is 26.3 Å². The summed E-state index contributed by atoms with van der Waals surface area (Å²) in [6, 6.07) is 8.10. The molecule has 0 radical (unpaired) electrons. The molecule has 0 spiro atoms. The standard InChI is InChI=1S/C21H26N4O3S/c1-2-22-21(23-8-5-15-3-4-17-18(11-15)28-14-27-17)24-12-20(26)25-9-6-19-16(13-25)7-10-29-19/h3-4,7,10-11H,2,5-6,8-9,12-14H2,1H3,(H2,22,23,24). The van der Waals surface area contributed by atoms with Crippen LogP contribution < -0.4 is 20.1 Å². The molecule has 1 aromatic heterocycles. The second kappa shape index (κ2) is 9.17. The lowest BCUT2D eigenvalue weighted by Crippen LogP contribution is -2.40. The second-order valence-electron chi connectivity index (χ2n) is 6.99. The van der Waals surface area contributed by atoms with E-state index >= 15 is 0 Å². The van der Waals surface area contributed by atoms with Crippen LogP contribution in [0.5, 0.6) is 11.5 Å². The SMILES string of the molecule is CCNC(=NCC(=O)N1CCc2sccc2C1)NCCc1ccc2c(c1)OCO2. The first-order valence-corrected chi connectivity index (χ1v) is 10.8. The number of nitrogens with zero attached hydrogens (tertiary/aromatic N) is 2. The zero-order valence-electron chi connectivity index (χ0n) is 16.6. The molecule has 2 N–H and O–H groups in total. The van der Waals surface area contributed by atoms with E-state index in [1.165, 1.54) is 10.4 Å². The van der Waals surface area contributed by atoms with Gasteiger partial charge in [0.25, 0.3) is 0 Å². The molecule has 0 saturated heterocycles. The first-order chi connectivity index (χ1) is 14.2. The molecule has 1 aromatic carbocycles. The maximum Gasteiger partial charge on any atom is 0.244 e. The molecule has 0 atom stereocenters. The Hall–Kier alpha value is -2.74. The van der Waals surface area contributed by atoms with Crippen molar-refractivity contribution in [3.8, 4) is 11.5 Å². The predicted octanol–water partition coefficient (Wildman–Crippen LogP) is 2.16. The Kier molecular flexibility index (Phi) is 6.19. The molecule has 154 valence electrons. The van der Waals surface area contributed by atoms with Gasteiger partial charge >= 0.3 is 0 Å². The first kappa shape index (κ1) is 19.6. The van der Waals surface area contributed by atoms with Gasteiger partial charge in [-0.2, -0.15) is 0 Å². The van der Waals surface area contributed by atoms with Crippen LogP contribution >= 0.6 is 11.3 Å². The number of benzene rings is 1. The van der Waals surface area contributed by atoms with E-state index in [4.69, 9.17) is 9.47 Å².